The topological polar surface area (TPSA) is 61.4 Å². The van der Waals surface area contributed by atoms with Gasteiger partial charge in [-0.05, 0) is 59.9 Å². The van der Waals surface area contributed by atoms with Gasteiger partial charge in [0.1, 0.15) is 0 Å². The highest BCUT2D eigenvalue weighted by atomic mass is 16.3. The van der Waals surface area contributed by atoms with Gasteiger partial charge < -0.3 is 15.7 Å². The summed E-state index contributed by atoms with van der Waals surface area (Å²) < 4.78 is 0. The van der Waals surface area contributed by atoms with Crippen molar-refractivity contribution in [1.29, 1.82) is 0 Å². The highest BCUT2D eigenvalue weighted by Crippen LogP contribution is 2.44. The van der Waals surface area contributed by atoms with Crippen LogP contribution in [0.3, 0.4) is 0 Å². The lowest BCUT2D eigenvalue weighted by Crippen LogP contribution is -2.45. The molecule has 2 saturated carbocycles. The normalized spacial score (nSPS) is 18.6. The Morgan fingerprint density at radius 2 is 1.71 bits per heavy atom. The van der Waals surface area contributed by atoms with E-state index in [1.165, 1.54) is 25.7 Å². The minimum atomic E-state index is -0.694. The standard InChI is InChI=1S/C20H24N2O2/c23-18(17-10-5-13-3-1-2-4-16(13)11-17)12-21-20(24)22-19(14-6-7-14)15-8-9-15/h1-5,10-11,14-15,18-19,23H,6-9,12H2,(H2,21,22,24). The molecule has 0 radical (unpaired) electrons. The molecule has 0 spiro atoms. The predicted molar refractivity (Wildman–Crippen MR) is 94.7 cm³/mol. The highest BCUT2D eigenvalue weighted by Gasteiger charge is 2.42. The lowest BCUT2D eigenvalue weighted by molar-refractivity contribution is 0.172. The van der Waals surface area contributed by atoms with Crippen molar-refractivity contribution in [1.82, 2.24) is 10.6 Å². The number of nitrogens with one attached hydrogen (secondary N) is 2. The third-order valence-corrected chi connectivity index (χ3v) is 5.17. The molecule has 3 N–H and O–H groups in total. The molecule has 2 aromatic carbocycles. The van der Waals surface area contributed by atoms with Gasteiger partial charge in [-0.25, -0.2) is 4.79 Å². The zero-order chi connectivity index (χ0) is 16.5. The molecule has 0 aromatic heterocycles. The first kappa shape index (κ1) is 15.5. The largest absolute Gasteiger partial charge is 0.387 e. The molecule has 0 bridgehead atoms. The second kappa shape index (κ2) is 6.44. The molecule has 2 aliphatic carbocycles. The number of hydrogen-bond acceptors (Lipinski definition) is 2. The summed E-state index contributed by atoms with van der Waals surface area (Å²) in [7, 11) is 0. The first-order chi connectivity index (χ1) is 11.7. The number of carbonyl (C=O) groups excluding carboxylic acids is 1. The summed E-state index contributed by atoms with van der Waals surface area (Å²) in [5.41, 5.74) is 0.829. The van der Waals surface area contributed by atoms with Crippen LogP contribution in [0.2, 0.25) is 0 Å². The van der Waals surface area contributed by atoms with Crippen LogP contribution in [-0.4, -0.2) is 23.7 Å². The molecule has 4 nitrogen and oxygen atoms in total. The van der Waals surface area contributed by atoms with Crippen LogP contribution in [0.15, 0.2) is 42.5 Å². The molecule has 2 fully saturated rings. The van der Waals surface area contributed by atoms with Gasteiger partial charge in [-0.1, -0.05) is 36.4 Å². The molecule has 126 valence electrons. The lowest BCUT2D eigenvalue weighted by atomic mass is 10.0. The summed E-state index contributed by atoms with van der Waals surface area (Å²) in [5, 5.41) is 18.6. The van der Waals surface area contributed by atoms with Crippen LogP contribution < -0.4 is 10.6 Å². The summed E-state index contributed by atoms with van der Waals surface area (Å²) in [6.45, 7) is 0.228. The molecular formula is C20H24N2O2. The predicted octanol–water partition coefficient (Wildman–Crippen LogP) is 3.36. The minimum Gasteiger partial charge on any atom is -0.387 e. The van der Waals surface area contributed by atoms with Gasteiger partial charge in [-0.3, -0.25) is 0 Å². The first-order valence-corrected chi connectivity index (χ1v) is 8.92. The van der Waals surface area contributed by atoms with E-state index in [9.17, 15) is 9.90 Å². The zero-order valence-electron chi connectivity index (χ0n) is 13.7. The van der Waals surface area contributed by atoms with Crippen LogP contribution in [0.4, 0.5) is 4.79 Å². The number of rotatable bonds is 6. The van der Waals surface area contributed by atoms with Crippen LogP contribution in [0.1, 0.15) is 37.4 Å². The van der Waals surface area contributed by atoms with Crippen LogP contribution >= 0.6 is 0 Å². The second-order valence-corrected chi connectivity index (χ2v) is 7.18. The number of aliphatic hydroxyl groups is 1. The Labute approximate surface area is 142 Å². The Morgan fingerprint density at radius 3 is 2.38 bits per heavy atom. The number of fused-ring (bicyclic) bond motifs is 1. The fourth-order valence-electron chi connectivity index (χ4n) is 3.46. The average Bonchev–Trinajstić information content (AvgIpc) is 3.49. The van der Waals surface area contributed by atoms with E-state index < -0.39 is 6.10 Å². The monoisotopic (exact) mass is 324 g/mol. The molecule has 0 saturated heterocycles. The molecule has 2 aromatic rings. The SMILES string of the molecule is O=C(NCC(O)c1ccc2ccccc2c1)NC(C1CC1)C1CC1. The van der Waals surface area contributed by atoms with Crippen molar-refractivity contribution in [2.75, 3.05) is 6.54 Å². The van der Waals surface area contributed by atoms with Crippen molar-refractivity contribution in [3.05, 3.63) is 48.0 Å². The number of aliphatic hydroxyl groups excluding tert-OH is 1. The van der Waals surface area contributed by atoms with E-state index in [-0.39, 0.29) is 12.6 Å². The van der Waals surface area contributed by atoms with E-state index in [1.54, 1.807) is 0 Å². The molecule has 2 amide bonds. The highest BCUT2D eigenvalue weighted by molar-refractivity contribution is 5.83. The summed E-state index contributed by atoms with van der Waals surface area (Å²) in [4.78, 5) is 12.1. The van der Waals surface area contributed by atoms with Crippen molar-refractivity contribution in [2.45, 2.75) is 37.8 Å². The van der Waals surface area contributed by atoms with Gasteiger partial charge in [0.05, 0.1) is 6.10 Å². The maximum Gasteiger partial charge on any atom is 0.315 e. The molecule has 1 atom stereocenters. The van der Waals surface area contributed by atoms with Crippen molar-refractivity contribution in [3.8, 4) is 0 Å². The number of urea groups is 1. The molecule has 2 aliphatic rings. The van der Waals surface area contributed by atoms with Gasteiger partial charge in [-0.2, -0.15) is 0 Å². The zero-order valence-corrected chi connectivity index (χ0v) is 13.7. The van der Waals surface area contributed by atoms with Gasteiger partial charge in [0.2, 0.25) is 0 Å². The van der Waals surface area contributed by atoms with Crippen molar-refractivity contribution in [2.24, 2.45) is 11.8 Å². The van der Waals surface area contributed by atoms with Crippen molar-refractivity contribution < 1.29 is 9.90 Å². The van der Waals surface area contributed by atoms with Gasteiger partial charge in [0.15, 0.2) is 0 Å². The third-order valence-electron chi connectivity index (χ3n) is 5.17. The van der Waals surface area contributed by atoms with E-state index in [2.05, 4.69) is 10.6 Å². The summed E-state index contributed by atoms with van der Waals surface area (Å²) in [6, 6.07) is 14.2. The second-order valence-electron chi connectivity index (χ2n) is 7.18. The molecule has 4 rings (SSSR count). The maximum absolute atomic E-state index is 12.1. The first-order valence-electron chi connectivity index (χ1n) is 8.92. The molecule has 4 heteroatoms. The Hall–Kier alpha value is -2.07. The summed E-state index contributed by atoms with van der Waals surface area (Å²) in [5.74, 6) is 1.35. The van der Waals surface area contributed by atoms with Crippen LogP contribution in [0, 0.1) is 11.8 Å². The van der Waals surface area contributed by atoms with Gasteiger partial charge in [-0.15, -0.1) is 0 Å². The van der Waals surface area contributed by atoms with Gasteiger partial charge >= 0.3 is 6.03 Å². The van der Waals surface area contributed by atoms with Gasteiger partial charge in [0.25, 0.3) is 0 Å². The Bertz CT molecular complexity index is 725. The molecule has 1 unspecified atom stereocenters. The Kier molecular flexibility index (Phi) is 4.15. The van der Waals surface area contributed by atoms with E-state index in [0.717, 1.165) is 16.3 Å². The Morgan fingerprint density at radius 1 is 1.04 bits per heavy atom. The number of carbonyl (C=O) groups is 1. The molecule has 0 aliphatic heterocycles. The Balaban J connectivity index is 1.33. The number of hydrogen-bond donors (Lipinski definition) is 3. The number of benzene rings is 2. The number of amides is 2. The van der Waals surface area contributed by atoms with E-state index in [1.807, 2.05) is 42.5 Å². The van der Waals surface area contributed by atoms with Crippen LogP contribution in [0.25, 0.3) is 10.8 Å². The maximum atomic E-state index is 12.1. The quantitative estimate of drug-likeness (QED) is 0.763. The van der Waals surface area contributed by atoms with Gasteiger partial charge in [0, 0.05) is 12.6 Å². The van der Waals surface area contributed by atoms with Crippen molar-refractivity contribution >= 4 is 16.8 Å². The van der Waals surface area contributed by atoms with E-state index >= 15 is 0 Å². The third kappa shape index (κ3) is 3.54. The lowest BCUT2D eigenvalue weighted by Gasteiger charge is -2.19. The fourth-order valence-corrected chi connectivity index (χ4v) is 3.46. The molecular weight excluding hydrogens is 300 g/mol. The average molecular weight is 324 g/mol. The smallest absolute Gasteiger partial charge is 0.315 e. The van der Waals surface area contributed by atoms with E-state index in [4.69, 9.17) is 0 Å². The van der Waals surface area contributed by atoms with E-state index in [0.29, 0.717) is 17.9 Å². The summed E-state index contributed by atoms with van der Waals surface area (Å²) >= 11 is 0. The molecule has 0 heterocycles. The van der Waals surface area contributed by atoms with Crippen LogP contribution in [0.5, 0.6) is 0 Å². The minimum absolute atomic E-state index is 0.154. The van der Waals surface area contributed by atoms with Crippen molar-refractivity contribution in [3.63, 3.8) is 0 Å². The fraction of sp³-hybridized carbons (Fsp3) is 0.450. The summed E-state index contributed by atoms with van der Waals surface area (Å²) in [6.07, 6.45) is 4.26. The molecule has 24 heavy (non-hydrogen) atoms. The van der Waals surface area contributed by atoms with Crippen LogP contribution in [-0.2, 0) is 0 Å².